The maximum absolute atomic E-state index is 13.7. The summed E-state index contributed by atoms with van der Waals surface area (Å²) in [5, 5.41) is -0.0927. The number of nitrogens with zero attached hydrogens (tertiary/aromatic N) is 1. The van der Waals surface area contributed by atoms with E-state index in [1.54, 1.807) is 0 Å². The summed E-state index contributed by atoms with van der Waals surface area (Å²) >= 11 is 5.79. The Labute approximate surface area is 111 Å². The lowest BCUT2D eigenvalue weighted by atomic mass is 10.1. The standard InChI is InChI=1S/C11H14ClFN2O2S/c12-9-2-1-3-10(13)11(9)18(16,17)15-6-4-8(14)5-7-15/h1-3,8H,4-7,14H2. The molecule has 100 valence electrons. The molecule has 2 N–H and O–H groups in total. The van der Waals surface area contributed by atoms with Gasteiger partial charge in [0.15, 0.2) is 0 Å². The van der Waals surface area contributed by atoms with Crippen molar-refractivity contribution < 1.29 is 12.8 Å². The third kappa shape index (κ3) is 2.51. The first-order valence-corrected chi connectivity index (χ1v) is 7.44. The van der Waals surface area contributed by atoms with E-state index in [1.807, 2.05) is 0 Å². The molecule has 1 aromatic carbocycles. The van der Waals surface area contributed by atoms with Crippen LogP contribution < -0.4 is 5.73 Å². The number of hydrogen-bond donors (Lipinski definition) is 1. The quantitative estimate of drug-likeness (QED) is 0.900. The number of halogens is 2. The fourth-order valence-electron chi connectivity index (χ4n) is 1.97. The number of piperidine rings is 1. The lowest BCUT2D eigenvalue weighted by Gasteiger charge is -2.29. The second kappa shape index (κ2) is 5.13. The van der Waals surface area contributed by atoms with E-state index in [9.17, 15) is 12.8 Å². The molecule has 1 fully saturated rings. The molecule has 1 aromatic rings. The molecule has 1 aliphatic heterocycles. The third-order valence-electron chi connectivity index (χ3n) is 3.02. The number of hydrogen-bond acceptors (Lipinski definition) is 3. The highest BCUT2D eigenvalue weighted by atomic mass is 35.5. The Kier molecular flexibility index (Phi) is 3.91. The van der Waals surface area contributed by atoms with E-state index in [2.05, 4.69) is 0 Å². The van der Waals surface area contributed by atoms with Crippen molar-refractivity contribution in [2.45, 2.75) is 23.8 Å². The smallest absolute Gasteiger partial charge is 0.247 e. The molecule has 18 heavy (non-hydrogen) atoms. The van der Waals surface area contributed by atoms with Gasteiger partial charge in [0.1, 0.15) is 10.7 Å². The Morgan fingerprint density at radius 2 is 1.94 bits per heavy atom. The predicted molar refractivity (Wildman–Crippen MR) is 67.4 cm³/mol. The van der Waals surface area contributed by atoms with E-state index in [-0.39, 0.29) is 11.1 Å². The summed E-state index contributed by atoms with van der Waals surface area (Å²) in [5.41, 5.74) is 5.72. The zero-order valence-electron chi connectivity index (χ0n) is 9.64. The summed E-state index contributed by atoms with van der Waals surface area (Å²) in [6.07, 6.45) is 1.15. The van der Waals surface area contributed by atoms with Crippen molar-refractivity contribution >= 4 is 21.6 Å². The Morgan fingerprint density at radius 1 is 1.33 bits per heavy atom. The maximum atomic E-state index is 13.7. The number of sulfonamides is 1. The summed E-state index contributed by atoms with van der Waals surface area (Å²) in [5.74, 6) is -0.822. The van der Waals surface area contributed by atoms with Gasteiger partial charge in [-0.05, 0) is 25.0 Å². The molecular weight excluding hydrogens is 279 g/mol. The van der Waals surface area contributed by atoms with Gasteiger partial charge in [-0.1, -0.05) is 17.7 Å². The molecule has 2 rings (SSSR count). The van der Waals surface area contributed by atoms with Crippen LogP contribution >= 0.6 is 11.6 Å². The first kappa shape index (κ1) is 13.7. The highest BCUT2D eigenvalue weighted by Crippen LogP contribution is 2.28. The minimum Gasteiger partial charge on any atom is -0.328 e. The van der Waals surface area contributed by atoms with Gasteiger partial charge in [-0.3, -0.25) is 0 Å². The monoisotopic (exact) mass is 292 g/mol. The molecule has 0 aliphatic carbocycles. The van der Waals surface area contributed by atoms with E-state index in [0.717, 1.165) is 6.07 Å². The first-order chi connectivity index (χ1) is 8.43. The van der Waals surface area contributed by atoms with Crippen molar-refractivity contribution in [1.82, 2.24) is 4.31 Å². The SMILES string of the molecule is NC1CCN(S(=O)(=O)c2c(F)cccc2Cl)CC1. The molecule has 0 spiro atoms. The molecule has 7 heteroatoms. The van der Waals surface area contributed by atoms with Gasteiger partial charge in [0.25, 0.3) is 0 Å². The number of benzene rings is 1. The third-order valence-corrected chi connectivity index (χ3v) is 5.42. The molecule has 1 saturated heterocycles. The topological polar surface area (TPSA) is 63.4 Å². The number of rotatable bonds is 2. The van der Waals surface area contributed by atoms with E-state index in [0.29, 0.717) is 25.9 Å². The second-order valence-electron chi connectivity index (χ2n) is 4.29. The highest BCUT2D eigenvalue weighted by molar-refractivity contribution is 7.89. The normalized spacial score (nSPS) is 19.1. The average Bonchev–Trinajstić information content (AvgIpc) is 2.29. The zero-order valence-corrected chi connectivity index (χ0v) is 11.2. The lowest BCUT2D eigenvalue weighted by Crippen LogP contribution is -2.43. The number of nitrogens with two attached hydrogens (primary N) is 1. The van der Waals surface area contributed by atoms with Crippen LogP contribution in [0.1, 0.15) is 12.8 Å². The van der Waals surface area contributed by atoms with Gasteiger partial charge >= 0.3 is 0 Å². The van der Waals surface area contributed by atoms with Gasteiger partial charge in [0.05, 0.1) is 5.02 Å². The van der Waals surface area contributed by atoms with E-state index in [4.69, 9.17) is 17.3 Å². The van der Waals surface area contributed by atoms with Crippen LogP contribution in [0.25, 0.3) is 0 Å². The molecule has 0 atom stereocenters. The lowest BCUT2D eigenvalue weighted by molar-refractivity contribution is 0.319. The summed E-state index contributed by atoms with van der Waals surface area (Å²) in [6.45, 7) is 0.600. The van der Waals surface area contributed by atoms with E-state index >= 15 is 0 Å². The van der Waals surface area contributed by atoms with Crippen molar-refractivity contribution in [3.63, 3.8) is 0 Å². The van der Waals surface area contributed by atoms with Gasteiger partial charge in [0.2, 0.25) is 10.0 Å². The Morgan fingerprint density at radius 3 is 2.50 bits per heavy atom. The average molecular weight is 293 g/mol. The summed E-state index contributed by atoms with van der Waals surface area (Å²) in [6, 6.07) is 3.84. The van der Waals surface area contributed by atoms with Gasteiger partial charge < -0.3 is 5.73 Å². The van der Waals surface area contributed by atoms with Gasteiger partial charge in [-0.25, -0.2) is 12.8 Å². The van der Waals surface area contributed by atoms with Crippen molar-refractivity contribution in [2.75, 3.05) is 13.1 Å². The highest BCUT2D eigenvalue weighted by Gasteiger charge is 2.32. The van der Waals surface area contributed by atoms with Crippen LogP contribution in [0.4, 0.5) is 4.39 Å². The van der Waals surface area contributed by atoms with Gasteiger partial charge in [0, 0.05) is 19.1 Å². The summed E-state index contributed by atoms with van der Waals surface area (Å²) < 4.78 is 39.5. The van der Waals surface area contributed by atoms with Crippen LogP contribution in [0.5, 0.6) is 0 Å². The van der Waals surface area contributed by atoms with Crippen LogP contribution in [0, 0.1) is 5.82 Å². The van der Waals surface area contributed by atoms with Gasteiger partial charge in [-0.2, -0.15) is 4.31 Å². The minimum absolute atomic E-state index is 0.00698. The summed E-state index contributed by atoms with van der Waals surface area (Å²) in [7, 11) is -3.88. The molecule has 1 aliphatic rings. The van der Waals surface area contributed by atoms with Crippen LogP contribution in [-0.4, -0.2) is 31.9 Å². The van der Waals surface area contributed by atoms with Crippen LogP contribution in [0.15, 0.2) is 23.1 Å². The maximum Gasteiger partial charge on any atom is 0.247 e. The van der Waals surface area contributed by atoms with Crippen LogP contribution in [0.2, 0.25) is 5.02 Å². The van der Waals surface area contributed by atoms with Crippen LogP contribution in [-0.2, 0) is 10.0 Å². The van der Waals surface area contributed by atoms with Crippen molar-refractivity contribution in [2.24, 2.45) is 5.73 Å². The fourth-order valence-corrected chi connectivity index (χ4v) is 4.01. The molecule has 0 unspecified atom stereocenters. The molecule has 4 nitrogen and oxygen atoms in total. The van der Waals surface area contributed by atoms with Crippen molar-refractivity contribution in [3.05, 3.63) is 29.0 Å². The first-order valence-electron chi connectivity index (χ1n) is 5.62. The second-order valence-corrected chi connectivity index (χ2v) is 6.57. The Balaban J connectivity index is 2.37. The Hall–Kier alpha value is -0.690. The van der Waals surface area contributed by atoms with Crippen LogP contribution in [0.3, 0.4) is 0 Å². The zero-order chi connectivity index (χ0) is 13.3. The fraction of sp³-hybridized carbons (Fsp3) is 0.455. The summed E-state index contributed by atoms with van der Waals surface area (Å²) in [4.78, 5) is -0.442. The molecule has 1 heterocycles. The molecule has 0 bridgehead atoms. The van der Waals surface area contributed by atoms with Crippen molar-refractivity contribution in [3.8, 4) is 0 Å². The van der Waals surface area contributed by atoms with E-state index in [1.165, 1.54) is 16.4 Å². The molecular formula is C11H14ClFN2O2S. The largest absolute Gasteiger partial charge is 0.328 e. The minimum atomic E-state index is -3.88. The molecule has 0 saturated carbocycles. The van der Waals surface area contributed by atoms with Crippen molar-refractivity contribution in [1.29, 1.82) is 0 Å². The molecule has 0 radical (unpaired) electrons. The Bertz CT molecular complexity index is 522. The van der Waals surface area contributed by atoms with Gasteiger partial charge in [-0.15, -0.1) is 0 Å². The molecule has 0 amide bonds. The predicted octanol–water partition coefficient (Wildman–Crippen LogP) is 1.59. The molecule has 0 aromatic heterocycles. The van der Waals surface area contributed by atoms with E-state index < -0.39 is 20.7 Å².